The minimum absolute atomic E-state index is 0.0813. The van der Waals surface area contributed by atoms with E-state index in [1.165, 1.54) is 6.42 Å². The number of fused-ring (bicyclic) bond motifs is 3. The molecule has 6 nitrogen and oxygen atoms in total. The van der Waals surface area contributed by atoms with Gasteiger partial charge in [-0.15, -0.1) is 0 Å². The summed E-state index contributed by atoms with van der Waals surface area (Å²) in [5.41, 5.74) is 5.07. The van der Waals surface area contributed by atoms with E-state index in [0.29, 0.717) is 23.0 Å². The van der Waals surface area contributed by atoms with E-state index in [9.17, 15) is 9.59 Å². The molecule has 1 N–H and O–H groups in total. The summed E-state index contributed by atoms with van der Waals surface area (Å²) in [6, 6.07) is 26.6. The van der Waals surface area contributed by atoms with E-state index in [0.717, 1.165) is 30.5 Å². The number of hydrogen-bond donors (Lipinski definition) is 1. The Bertz CT molecular complexity index is 1540. The number of benzene rings is 3. The van der Waals surface area contributed by atoms with Crippen LogP contribution in [0, 0.1) is 11.8 Å². The van der Waals surface area contributed by atoms with E-state index < -0.39 is 5.56 Å². The Labute approximate surface area is 196 Å². The second-order valence-corrected chi connectivity index (χ2v) is 9.32. The summed E-state index contributed by atoms with van der Waals surface area (Å²) in [7, 11) is 0. The molecule has 0 amide bonds. The number of hydrogen-bond acceptors (Lipinski definition) is 4. The Morgan fingerprint density at radius 3 is 2.09 bits per heavy atom. The van der Waals surface area contributed by atoms with Gasteiger partial charge in [0.15, 0.2) is 0 Å². The molecule has 170 valence electrons. The van der Waals surface area contributed by atoms with Crippen molar-refractivity contribution < 1.29 is 0 Å². The lowest BCUT2D eigenvalue weighted by molar-refractivity contribution is 0.330. The predicted molar refractivity (Wildman–Crippen MR) is 134 cm³/mol. The molecule has 3 unspecified atom stereocenters. The third-order valence-corrected chi connectivity index (χ3v) is 7.33. The highest BCUT2D eigenvalue weighted by atomic mass is 16.1. The first-order valence-corrected chi connectivity index (χ1v) is 11.9. The van der Waals surface area contributed by atoms with Gasteiger partial charge in [-0.2, -0.15) is 5.10 Å². The van der Waals surface area contributed by atoms with Gasteiger partial charge in [0, 0.05) is 11.7 Å². The van der Waals surface area contributed by atoms with Crippen LogP contribution in [0.1, 0.15) is 31.7 Å². The molecule has 0 spiro atoms. The molecule has 2 saturated carbocycles. The van der Waals surface area contributed by atoms with Crippen molar-refractivity contribution in [2.45, 2.75) is 31.7 Å². The first-order valence-electron chi connectivity index (χ1n) is 11.9. The zero-order chi connectivity index (χ0) is 23.1. The van der Waals surface area contributed by atoms with Gasteiger partial charge in [0.05, 0.1) is 16.7 Å². The zero-order valence-electron chi connectivity index (χ0n) is 18.8. The molecule has 2 aliphatic rings. The number of para-hydroxylation sites is 4. The van der Waals surface area contributed by atoms with Crippen LogP contribution in [0.3, 0.4) is 0 Å². The van der Waals surface area contributed by atoms with Crippen LogP contribution in [0.25, 0.3) is 16.7 Å². The molecule has 2 aliphatic carbocycles. The first-order chi connectivity index (χ1) is 16.7. The van der Waals surface area contributed by atoms with E-state index in [1.807, 2.05) is 89.5 Å². The molecule has 2 bridgehead atoms. The van der Waals surface area contributed by atoms with Crippen molar-refractivity contribution in [3.8, 4) is 5.69 Å². The normalized spacial score (nSPS) is 21.8. The summed E-state index contributed by atoms with van der Waals surface area (Å²) in [6.07, 6.45) is 4.49. The molecule has 1 aromatic heterocycles. The van der Waals surface area contributed by atoms with Crippen LogP contribution >= 0.6 is 0 Å². The van der Waals surface area contributed by atoms with E-state index >= 15 is 0 Å². The largest absolute Gasteiger partial charge is 0.301 e. The number of nitrogens with one attached hydrogen (secondary N) is 1. The van der Waals surface area contributed by atoms with Crippen LogP contribution in [0.4, 0.5) is 5.69 Å². The Kier molecular flexibility index (Phi) is 5.13. The van der Waals surface area contributed by atoms with Crippen LogP contribution in [0.2, 0.25) is 0 Å². The SMILES string of the molecule is O=c1c(=NNc2ccccc2)c(=O)n(C2CC3CCC2C3)c2ccccc2n1-c1ccccc1. The van der Waals surface area contributed by atoms with Crippen LogP contribution in [-0.2, 0) is 0 Å². The Hall–Kier alpha value is -3.93. The summed E-state index contributed by atoms with van der Waals surface area (Å²) in [5.74, 6) is 1.12. The minimum Gasteiger partial charge on any atom is -0.301 e. The lowest BCUT2D eigenvalue weighted by atomic mass is 9.95. The van der Waals surface area contributed by atoms with Gasteiger partial charge in [0.2, 0.25) is 5.36 Å². The van der Waals surface area contributed by atoms with Crippen molar-refractivity contribution in [1.82, 2.24) is 9.13 Å². The van der Waals surface area contributed by atoms with Crippen molar-refractivity contribution in [2.75, 3.05) is 5.43 Å². The molecule has 4 aromatic rings. The van der Waals surface area contributed by atoms with Gasteiger partial charge in [0.25, 0.3) is 11.1 Å². The van der Waals surface area contributed by atoms with Crippen molar-refractivity contribution in [3.05, 3.63) is 111 Å². The number of nitrogens with zero attached hydrogens (tertiary/aromatic N) is 3. The predicted octanol–water partition coefficient (Wildman–Crippen LogP) is 4.44. The summed E-state index contributed by atoms with van der Waals surface area (Å²) < 4.78 is 3.48. The van der Waals surface area contributed by atoms with Gasteiger partial charge < -0.3 is 4.57 Å². The third kappa shape index (κ3) is 3.46. The molecular weight excluding hydrogens is 424 g/mol. The van der Waals surface area contributed by atoms with Gasteiger partial charge in [-0.25, -0.2) is 0 Å². The topological polar surface area (TPSA) is 68.4 Å². The molecule has 0 radical (unpaired) electrons. The molecule has 34 heavy (non-hydrogen) atoms. The maximum absolute atomic E-state index is 14.1. The second kappa shape index (κ2) is 8.45. The molecule has 6 heteroatoms. The Balaban J connectivity index is 1.71. The fourth-order valence-electron chi connectivity index (χ4n) is 5.81. The van der Waals surface area contributed by atoms with Gasteiger partial charge in [-0.05, 0) is 67.5 Å². The molecule has 0 saturated heterocycles. The Morgan fingerprint density at radius 2 is 1.41 bits per heavy atom. The molecule has 6 rings (SSSR count). The van der Waals surface area contributed by atoms with Gasteiger partial charge >= 0.3 is 0 Å². The second-order valence-electron chi connectivity index (χ2n) is 9.32. The maximum Gasteiger partial charge on any atom is 0.289 e. The lowest BCUT2D eigenvalue weighted by Crippen LogP contribution is -2.46. The zero-order valence-corrected chi connectivity index (χ0v) is 18.8. The van der Waals surface area contributed by atoms with E-state index in [4.69, 9.17) is 0 Å². The fraction of sp³-hybridized carbons (Fsp3) is 0.250. The number of rotatable bonds is 4. The average molecular weight is 451 g/mol. The van der Waals surface area contributed by atoms with Crippen molar-refractivity contribution in [3.63, 3.8) is 0 Å². The number of anilines is 1. The van der Waals surface area contributed by atoms with Crippen LogP contribution < -0.4 is 21.9 Å². The van der Waals surface area contributed by atoms with Gasteiger partial charge in [-0.1, -0.05) is 55.0 Å². The minimum atomic E-state index is -0.433. The summed E-state index contributed by atoms with van der Waals surface area (Å²) in [5, 5.41) is 4.30. The molecule has 1 heterocycles. The highest BCUT2D eigenvalue weighted by molar-refractivity contribution is 5.77. The van der Waals surface area contributed by atoms with Crippen molar-refractivity contribution in [2.24, 2.45) is 16.9 Å². The molecule has 3 aromatic carbocycles. The summed E-state index contributed by atoms with van der Waals surface area (Å²) in [4.78, 5) is 28.1. The molecule has 0 aliphatic heterocycles. The summed E-state index contributed by atoms with van der Waals surface area (Å²) in [6.45, 7) is 0. The van der Waals surface area contributed by atoms with Crippen molar-refractivity contribution in [1.29, 1.82) is 0 Å². The van der Waals surface area contributed by atoms with Crippen LogP contribution in [0.5, 0.6) is 0 Å². The van der Waals surface area contributed by atoms with Gasteiger partial charge in [-0.3, -0.25) is 19.6 Å². The standard InChI is InChI=1S/C28H26N4O2/c33-27-26(30-29-21-9-3-1-4-10-21)28(34)32(25-18-19-15-16-20(25)17-19)24-14-8-7-13-23(24)31(27)22-11-5-2-6-12-22/h1-14,19-20,25,29H,15-18H2. The molecule has 3 atom stereocenters. The lowest BCUT2D eigenvalue weighted by Gasteiger charge is -2.24. The van der Waals surface area contributed by atoms with E-state index in [-0.39, 0.29) is 17.0 Å². The molecular formula is C28H26N4O2. The third-order valence-electron chi connectivity index (χ3n) is 7.33. The monoisotopic (exact) mass is 450 g/mol. The van der Waals surface area contributed by atoms with E-state index in [1.54, 1.807) is 4.57 Å². The quantitative estimate of drug-likeness (QED) is 0.468. The highest BCUT2D eigenvalue weighted by Gasteiger charge is 2.41. The summed E-state index contributed by atoms with van der Waals surface area (Å²) >= 11 is 0. The maximum atomic E-state index is 14.1. The molecule has 2 fully saturated rings. The van der Waals surface area contributed by atoms with Crippen LogP contribution in [-0.4, -0.2) is 9.13 Å². The highest BCUT2D eigenvalue weighted by Crippen LogP contribution is 2.50. The fourth-order valence-corrected chi connectivity index (χ4v) is 5.81. The van der Waals surface area contributed by atoms with Gasteiger partial charge in [0.1, 0.15) is 0 Å². The smallest absolute Gasteiger partial charge is 0.289 e. The average Bonchev–Trinajstić information content (AvgIpc) is 3.49. The number of aromatic nitrogens is 2. The van der Waals surface area contributed by atoms with Crippen LogP contribution in [0.15, 0.2) is 99.6 Å². The Morgan fingerprint density at radius 1 is 0.735 bits per heavy atom. The van der Waals surface area contributed by atoms with Crippen molar-refractivity contribution >= 4 is 16.7 Å². The first kappa shape index (κ1) is 20.7. The van der Waals surface area contributed by atoms with E-state index in [2.05, 4.69) is 10.5 Å².